The number of rotatable bonds is 4. The maximum atomic E-state index is 12.5. The van der Waals surface area contributed by atoms with E-state index in [1.165, 1.54) is 31.3 Å². The Morgan fingerprint density at radius 3 is 2.05 bits per heavy atom. The normalized spacial score (nSPS) is 29.9. The maximum absolute atomic E-state index is 12.5. The number of allylic oxidation sites excluding steroid dienone is 1. The Morgan fingerprint density at radius 1 is 1.00 bits per heavy atom. The van der Waals surface area contributed by atoms with Crippen molar-refractivity contribution in [1.29, 1.82) is 0 Å². The first-order valence-corrected chi connectivity index (χ1v) is 7.87. The average molecular weight is 276 g/mol. The van der Waals surface area contributed by atoms with Gasteiger partial charge in [-0.15, -0.1) is 0 Å². The first-order valence-electron chi connectivity index (χ1n) is 7.87. The first kappa shape index (κ1) is 13.7. The maximum Gasteiger partial charge on any atom is 0.246 e. The molecule has 1 saturated heterocycles. The van der Waals surface area contributed by atoms with E-state index in [1.54, 1.807) is 0 Å². The third kappa shape index (κ3) is 2.89. The van der Waals surface area contributed by atoms with Crippen LogP contribution in [0, 0.1) is 17.8 Å². The van der Waals surface area contributed by atoms with Gasteiger partial charge in [-0.1, -0.05) is 5.57 Å². The van der Waals surface area contributed by atoms with Crippen molar-refractivity contribution in [2.24, 2.45) is 23.5 Å². The summed E-state index contributed by atoms with van der Waals surface area (Å²) in [4.78, 5) is 25.8. The third-order valence-corrected chi connectivity index (χ3v) is 4.96. The zero-order chi connectivity index (χ0) is 14.3. The number of amides is 2. The number of nitrogens with zero attached hydrogens (tertiary/aromatic N) is 1. The molecule has 2 aliphatic carbocycles. The lowest BCUT2D eigenvalue weighted by Gasteiger charge is -2.36. The monoisotopic (exact) mass is 276 g/mol. The fourth-order valence-electron chi connectivity index (χ4n) is 3.27. The summed E-state index contributed by atoms with van der Waals surface area (Å²) in [5.41, 5.74) is 6.78. The summed E-state index contributed by atoms with van der Waals surface area (Å²) < 4.78 is 0. The number of likely N-dealkylation sites (tertiary alicyclic amines) is 1. The Morgan fingerprint density at radius 2 is 1.55 bits per heavy atom. The van der Waals surface area contributed by atoms with Gasteiger partial charge in [0.1, 0.15) is 0 Å². The summed E-state index contributed by atoms with van der Waals surface area (Å²) in [7, 11) is 0. The van der Waals surface area contributed by atoms with Crippen LogP contribution in [0.3, 0.4) is 0 Å². The minimum atomic E-state index is -0.275. The first-order chi connectivity index (χ1) is 9.56. The summed E-state index contributed by atoms with van der Waals surface area (Å²) >= 11 is 0. The molecule has 0 unspecified atom stereocenters. The minimum Gasteiger partial charge on any atom is -0.369 e. The second kappa shape index (κ2) is 5.23. The number of carbonyl (C=O) groups is 2. The fourth-order valence-corrected chi connectivity index (χ4v) is 3.27. The van der Waals surface area contributed by atoms with E-state index < -0.39 is 0 Å². The molecule has 0 aromatic carbocycles. The largest absolute Gasteiger partial charge is 0.369 e. The highest BCUT2D eigenvalue weighted by Crippen LogP contribution is 2.48. The van der Waals surface area contributed by atoms with Crippen molar-refractivity contribution < 1.29 is 9.59 Å². The van der Waals surface area contributed by atoms with E-state index in [0.717, 1.165) is 12.8 Å². The van der Waals surface area contributed by atoms with Crippen LogP contribution in [0.4, 0.5) is 0 Å². The highest BCUT2D eigenvalue weighted by molar-refractivity contribution is 5.89. The van der Waals surface area contributed by atoms with Crippen LogP contribution in [0.1, 0.15) is 45.4 Å². The number of hydrogen-bond donors (Lipinski definition) is 1. The van der Waals surface area contributed by atoms with Gasteiger partial charge in [0.25, 0.3) is 0 Å². The summed E-state index contributed by atoms with van der Waals surface area (Å²) in [6.45, 7) is 2.56. The van der Waals surface area contributed by atoms with Gasteiger partial charge < -0.3 is 10.6 Å². The van der Waals surface area contributed by atoms with Gasteiger partial charge in [-0.3, -0.25) is 9.59 Å². The Bertz CT molecular complexity index is 435. The standard InChI is InChI=1S/C16H24N2O2/c1-10-2-3-13(16(17)20)9-18(10)15(19)8-14(11-4-5-11)12-6-7-12/h8,10-13H,2-7,9H2,1H3,(H2,17,20)/t10-,13+/m0/s1. The van der Waals surface area contributed by atoms with Gasteiger partial charge in [0.05, 0.1) is 5.92 Å². The highest BCUT2D eigenvalue weighted by Gasteiger charge is 2.38. The predicted octanol–water partition coefficient (Wildman–Crippen LogP) is 1.85. The number of primary amides is 1. The van der Waals surface area contributed by atoms with Crippen molar-refractivity contribution in [1.82, 2.24) is 4.90 Å². The molecule has 2 saturated carbocycles. The van der Waals surface area contributed by atoms with E-state index in [1.807, 2.05) is 11.0 Å². The zero-order valence-corrected chi connectivity index (χ0v) is 12.2. The molecule has 1 heterocycles. The number of nitrogens with two attached hydrogens (primary N) is 1. The summed E-state index contributed by atoms with van der Waals surface area (Å²) in [6, 6.07) is 0.217. The van der Waals surface area contributed by atoms with Gasteiger partial charge in [0.15, 0.2) is 0 Å². The molecule has 0 aromatic rings. The number of carbonyl (C=O) groups excluding carboxylic acids is 2. The van der Waals surface area contributed by atoms with E-state index in [0.29, 0.717) is 18.4 Å². The van der Waals surface area contributed by atoms with Crippen molar-refractivity contribution in [2.75, 3.05) is 6.54 Å². The molecule has 4 nitrogen and oxygen atoms in total. The lowest BCUT2D eigenvalue weighted by molar-refractivity contribution is -0.133. The Hall–Kier alpha value is -1.32. The van der Waals surface area contributed by atoms with Crippen LogP contribution in [0.5, 0.6) is 0 Å². The summed E-state index contributed by atoms with van der Waals surface area (Å²) in [5, 5.41) is 0. The number of piperidine rings is 1. The van der Waals surface area contributed by atoms with Crippen LogP contribution in [-0.4, -0.2) is 29.3 Å². The Kier molecular flexibility index (Phi) is 3.57. The molecule has 110 valence electrons. The van der Waals surface area contributed by atoms with Crippen molar-refractivity contribution in [3.8, 4) is 0 Å². The van der Waals surface area contributed by atoms with Crippen molar-refractivity contribution in [3.05, 3.63) is 11.6 Å². The van der Waals surface area contributed by atoms with Crippen molar-refractivity contribution in [2.45, 2.75) is 51.5 Å². The van der Waals surface area contributed by atoms with Gasteiger partial charge in [-0.05, 0) is 57.3 Å². The topological polar surface area (TPSA) is 63.4 Å². The van der Waals surface area contributed by atoms with Crippen molar-refractivity contribution in [3.63, 3.8) is 0 Å². The molecule has 4 heteroatoms. The molecule has 2 atom stereocenters. The van der Waals surface area contributed by atoms with E-state index >= 15 is 0 Å². The molecule has 3 rings (SSSR count). The van der Waals surface area contributed by atoms with Gasteiger partial charge in [0, 0.05) is 18.7 Å². The third-order valence-electron chi connectivity index (χ3n) is 4.96. The molecule has 3 fully saturated rings. The molecule has 0 bridgehead atoms. The van der Waals surface area contributed by atoms with Crippen LogP contribution in [0.2, 0.25) is 0 Å². The molecule has 1 aliphatic heterocycles. The Labute approximate surface area is 120 Å². The van der Waals surface area contributed by atoms with Crippen LogP contribution >= 0.6 is 0 Å². The summed E-state index contributed by atoms with van der Waals surface area (Å²) in [5.74, 6) is 0.978. The van der Waals surface area contributed by atoms with E-state index in [9.17, 15) is 9.59 Å². The molecule has 3 aliphatic rings. The quantitative estimate of drug-likeness (QED) is 0.796. The smallest absolute Gasteiger partial charge is 0.246 e. The average Bonchev–Trinajstić information content (AvgIpc) is 3.28. The van der Waals surface area contributed by atoms with Crippen LogP contribution in [0.15, 0.2) is 11.6 Å². The molecule has 2 amide bonds. The van der Waals surface area contributed by atoms with Gasteiger partial charge in [0.2, 0.25) is 11.8 Å². The van der Waals surface area contributed by atoms with E-state index in [-0.39, 0.29) is 23.8 Å². The van der Waals surface area contributed by atoms with Gasteiger partial charge in [-0.2, -0.15) is 0 Å². The van der Waals surface area contributed by atoms with Crippen LogP contribution < -0.4 is 5.73 Å². The molecule has 0 spiro atoms. The fraction of sp³-hybridized carbons (Fsp3) is 0.750. The van der Waals surface area contributed by atoms with E-state index in [2.05, 4.69) is 6.92 Å². The Balaban J connectivity index is 1.71. The predicted molar refractivity (Wildman–Crippen MR) is 76.6 cm³/mol. The number of hydrogen-bond acceptors (Lipinski definition) is 2. The van der Waals surface area contributed by atoms with Crippen LogP contribution in [-0.2, 0) is 9.59 Å². The van der Waals surface area contributed by atoms with Gasteiger partial charge >= 0.3 is 0 Å². The minimum absolute atomic E-state index is 0.0947. The molecule has 0 aromatic heterocycles. The zero-order valence-electron chi connectivity index (χ0n) is 12.2. The molecular formula is C16H24N2O2. The van der Waals surface area contributed by atoms with Crippen LogP contribution in [0.25, 0.3) is 0 Å². The highest BCUT2D eigenvalue weighted by atomic mass is 16.2. The lowest BCUT2D eigenvalue weighted by atomic mass is 9.92. The second-order valence-corrected chi connectivity index (χ2v) is 6.71. The van der Waals surface area contributed by atoms with Crippen molar-refractivity contribution >= 4 is 11.8 Å². The molecule has 0 radical (unpaired) electrons. The second-order valence-electron chi connectivity index (χ2n) is 6.71. The van der Waals surface area contributed by atoms with Gasteiger partial charge in [-0.25, -0.2) is 0 Å². The SMILES string of the molecule is C[C@H]1CC[C@@H](C(N)=O)CN1C(=O)C=C(C1CC1)C1CC1. The van der Waals surface area contributed by atoms with E-state index in [4.69, 9.17) is 5.73 Å². The summed E-state index contributed by atoms with van der Waals surface area (Å²) in [6.07, 6.45) is 8.54. The lowest BCUT2D eigenvalue weighted by Crippen LogP contribution is -2.48. The molecule has 20 heavy (non-hydrogen) atoms. The molecule has 2 N–H and O–H groups in total. The molecular weight excluding hydrogens is 252 g/mol.